The van der Waals surface area contributed by atoms with Gasteiger partial charge in [0, 0.05) is 90.8 Å². The third-order valence-electron chi connectivity index (χ3n) is 12.3. The van der Waals surface area contributed by atoms with Gasteiger partial charge in [-0.2, -0.15) is 10.2 Å². The molecule has 0 saturated carbocycles. The van der Waals surface area contributed by atoms with Crippen LogP contribution in [0.3, 0.4) is 0 Å². The number of H-pyrrole nitrogens is 2. The van der Waals surface area contributed by atoms with Gasteiger partial charge in [-0.25, -0.2) is 19.0 Å². The lowest BCUT2D eigenvalue weighted by atomic mass is 9.97. The van der Waals surface area contributed by atoms with Gasteiger partial charge in [-0.05, 0) is 73.9 Å². The first kappa shape index (κ1) is 43.3. The molecule has 10 rings (SSSR count). The number of likely N-dealkylation sites (tertiary alicyclic amines) is 1. The predicted octanol–water partition coefficient (Wildman–Crippen LogP) is 6.21. The first-order chi connectivity index (χ1) is 29.6. The smallest absolute Gasteiger partial charge is 0.276 e. The molecule has 0 spiro atoms. The summed E-state index contributed by atoms with van der Waals surface area (Å²) in [5.41, 5.74) is 2.85. The monoisotopic (exact) mass is 958 g/mol. The topological polar surface area (TPSA) is 177 Å². The second-order valence-corrected chi connectivity index (χ2v) is 18.4. The number of rotatable bonds is 7. The minimum absolute atomic E-state index is 0.102. The molecule has 0 bridgehead atoms. The van der Waals surface area contributed by atoms with Crippen molar-refractivity contribution in [1.29, 1.82) is 0 Å². The number of nitrogens with one attached hydrogen (secondary N) is 3. The van der Waals surface area contributed by atoms with Crippen LogP contribution in [0.15, 0.2) is 79.5 Å². The van der Waals surface area contributed by atoms with E-state index in [1.807, 2.05) is 12.1 Å². The van der Waals surface area contributed by atoms with Gasteiger partial charge in [0.25, 0.3) is 11.1 Å². The average Bonchev–Trinajstić information content (AvgIpc) is 4.09. The molecule has 4 unspecified atom stereocenters. The predicted molar refractivity (Wildman–Crippen MR) is 238 cm³/mol. The summed E-state index contributed by atoms with van der Waals surface area (Å²) in [5, 5.41) is 13.0. The number of carbonyl (C=O) groups excluding carboxylic acids is 1. The van der Waals surface area contributed by atoms with E-state index in [0.29, 0.717) is 40.3 Å². The summed E-state index contributed by atoms with van der Waals surface area (Å²) >= 11 is 6.75. The second-order valence-electron chi connectivity index (χ2n) is 16.6. The maximum atomic E-state index is 12.8. The standard InChI is InChI=1S/C22H26BrN5O2.C15H21N5O2.C7H5BrO/c1-14-11-27(12-15-2-4-17(23)5-3-15)13-18(14)20-25-22(29)19-10-24-21(28(19)26-20)16-6-8-30-9-7-16;1-9-6-16-7-11(9)13-18-15(21)12-8-17-14(20(12)19-13)10-2-4-22-5-3-10;8-7-3-1-6(5-9)2-4-7/h2-5,10,14,16,18H,6-9,11-13H2,1H3,(H,25,26,29);8-11,16H,2-7H2,1H3,(H,18,19,21);1-5H. The van der Waals surface area contributed by atoms with Gasteiger partial charge in [0.2, 0.25) is 0 Å². The lowest BCUT2D eigenvalue weighted by Gasteiger charge is -2.21. The number of aromatic amines is 2. The third-order valence-corrected chi connectivity index (χ3v) is 13.4. The first-order valence-corrected chi connectivity index (χ1v) is 22.7. The van der Waals surface area contributed by atoms with Crippen molar-refractivity contribution in [1.82, 2.24) is 49.4 Å². The molecule has 0 amide bonds. The van der Waals surface area contributed by atoms with E-state index in [-0.39, 0.29) is 23.0 Å². The van der Waals surface area contributed by atoms with Gasteiger partial charge in [-0.1, -0.05) is 70.0 Å². The molecule has 4 aliphatic heterocycles. The van der Waals surface area contributed by atoms with E-state index in [1.165, 1.54) is 5.56 Å². The SMILES string of the molecule is CC1CN(Cc2ccc(Br)cc2)CC1c1nn2c(C3CCOCC3)ncc2c(=O)[nH]1.CC1CNCC1c1nn2c(C3CCOCC3)ncc2c(=O)[nH]1.O=Cc1ccc(Br)cc1. The van der Waals surface area contributed by atoms with Gasteiger partial charge < -0.3 is 24.8 Å². The maximum absolute atomic E-state index is 12.8. The van der Waals surface area contributed by atoms with Gasteiger partial charge in [-0.15, -0.1) is 0 Å². The van der Waals surface area contributed by atoms with Crippen molar-refractivity contribution in [3.63, 3.8) is 0 Å². The zero-order valence-corrected chi connectivity index (χ0v) is 37.6. The number of carbonyl (C=O) groups is 1. The molecule has 6 aromatic rings. The quantitative estimate of drug-likeness (QED) is 0.155. The molecule has 3 N–H and O–H groups in total. The van der Waals surface area contributed by atoms with E-state index in [2.05, 4.69) is 100 Å². The van der Waals surface area contributed by atoms with Crippen molar-refractivity contribution >= 4 is 49.2 Å². The van der Waals surface area contributed by atoms with E-state index in [4.69, 9.17) is 19.7 Å². The number of nitrogens with zero attached hydrogens (tertiary/aromatic N) is 7. The number of hydrogen-bond acceptors (Lipinski definition) is 11. The molecular weight excluding hydrogens is 908 g/mol. The highest BCUT2D eigenvalue weighted by molar-refractivity contribution is 9.10. The summed E-state index contributed by atoms with van der Waals surface area (Å²) in [5.74, 6) is 5.25. The Labute approximate surface area is 370 Å². The zero-order valence-electron chi connectivity index (χ0n) is 34.4. The Kier molecular flexibility index (Phi) is 14.0. The largest absolute Gasteiger partial charge is 0.381 e. The van der Waals surface area contributed by atoms with Gasteiger partial charge in [0.05, 0.1) is 12.4 Å². The third kappa shape index (κ3) is 10.1. The summed E-state index contributed by atoms with van der Waals surface area (Å²) in [7, 11) is 0. The lowest BCUT2D eigenvalue weighted by molar-refractivity contribution is 0.0831. The van der Waals surface area contributed by atoms with Crippen LogP contribution in [0.4, 0.5) is 0 Å². The molecule has 0 radical (unpaired) electrons. The Hall–Kier alpha value is -4.39. The summed E-state index contributed by atoms with van der Waals surface area (Å²) in [6.07, 6.45) is 7.82. The molecule has 4 fully saturated rings. The summed E-state index contributed by atoms with van der Waals surface area (Å²) < 4.78 is 16.5. The number of ether oxygens (including phenoxy) is 2. The molecular formula is C44H52Br2N10O5. The summed E-state index contributed by atoms with van der Waals surface area (Å²) in [6.45, 7) is 12.0. The molecule has 4 aliphatic rings. The Morgan fingerprint density at radius 3 is 1.69 bits per heavy atom. The van der Waals surface area contributed by atoms with Crippen LogP contribution < -0.4 is 16.4 Å². The maximum Gasteiger partial charge on any atom is 0.276 e. The van der Waals surface area contributed by atoms with Crippen molar-refractivity contribution in [3.05, 3.63) is 125 Å². The van der Waals surface area contributed by atoms with Crippen LogP contribution in [0.2, 0.25) is 0 Å². The number of aromatic nitrogens is 8. The molecule has 0 aliphatic carbocycles. The summed E-state index contributed by atoms with van der Waals surface area (Å²) in [4.78, 5) is 52.7. The van der Waals surface area contributed by atoms with E-state index < -0.39 is 0 Å². The van der Waals surface area contributed by atoms with Crippen LogP contribution in [0, 0.1) is 11.8 Å². The second kappa shape index (κ2) is 19.8. The minimum Gasteiger partial charge on any atom is -0.381 e. The fourth-order valence-corrected chi connectivity index (χ4v) is 9.31. The van der Waals surface area contributed by atoms with Crippen LogP contribution in [-0.4, -0.2) is 103 Å². The molecule has 4 atom stereocenters. The molecule has 17 heteroatoms. The number of fused-ring (bicyclic) bond motifs is 2. The lowest BCUT2D eigenvalue weighted by Crippen LogP contribution is -2.24. The van der Waals surface area contributed by atoms with Crippen LogP contribution >= 0.6 is 31.9 Å². The molecule has 322 valence electrons. The van der Waals surface area contributed by atoms with Gasteiger partial charge in [0.15, 0.2) is 11.0 Å². The average molecular weight is 961 g/mol. The number of aldehydes is 1. The normalized spacial score (nSPS) is 22.5. The Morgan fingerprint density at radius 2 is 1.20 bits per heavy atom. The van der Waals surface area contributed by atoms with Crippen molar-refractivity contribution < 1.29 is 14.3 Å². The Bertz CT molecular complexity index is 2530. The van der Waals surface area contributed by atoms with Crippen molar-refractivity contribution in [2.45, 2.75) is 69.7 Å². The number of hydrogen-bond donors (Lipinski definition) is 3. The van der Waals surface area contributed by atoms with Gasteiger partial charge >= 0.3 is 0 Å². The highest BCUT2D eigenvalue weighted by Gasteiger charge is 2.34. The molecule has 15 nitrogen and oxygen atoms in total. The van der Waals surface area contributed by atoms with E-state index in [0.717, 1.165) is 123 Å². The van der Waals surface area contributed by atoms with Crippen LogP contribution in [0.5, 0.6) is 0 Å². The van der Waals surface area contributed by atoms with Crippen LogP contribution in [0.1, 0.15) is 102 Å². The molecule has 61 heavy (non-hydrogen) atoms. The van der Waals surface area contributed by atoms with Gasteiger partial charge in [0.1, 0.15) is 29.6 Å². The summed E-state index contributed by atoms with van der Waals surface area (Å²) in [6, 6.07) is 15.7. The first-order valence-electron chi connectivity index (χ1n) is 21.1. The Balaban J connectivity index is 0.000000144. The van der Waals surface area contributed by atoms with Crippen molar-refractivity contribution in [2.24, 2.45) is 11.8 Å². The van der Waals surface area contributed by atoms with E-state index in [1.54, 1.807) is 33.6 Å². The molecule has 8 heterocycles. The van der Waals surface area contributed by atoms with Crippen LogP contribution in [0.25, 0.3) is 11.0 Å². The number of imidazole rings is 2. The Morgan fingerprint density at radius 1 is 0.689 bits per heavy atom. The van der Waals surface area contributed by atoms with Crippen molar-refractivity contribution in [3.8, 4) is 0 Å². The van der Waals surface area contributed by atoms with Crippen LogP contribution in [-0.2, 0) is 16.0 Å². The molecule has 4 saturated heterocycles. The number of benzene rings is 2. The molecule has 4 aromatic heterocycles. The van der Waals surface area contributed by atoms with Crippen molar-refractivity contribution in [2.75, 3.05) is 52.6 Å². The highest BCUT2D eigenvalue weighted by atomic mass is 79.9. The van der Waals surface area contributed by atoms with E-state index in [9.17, 15) is 14.4 Å². The highest BCUT2D eigenvalue weighted by Crippen LogP contribution is 2.32. The fraction of sp³-hybridized carbons (Fsp3) is 0.477. The number of halogens is 2. The molecule has 2 aromatic carbocycles. The fourth-order valence-electron chi connectivity index (χ4n) is 8.79. The van der Waals surface area contributed by atoms with Gasteiger partial charge in [-0.3, -0.25) is 19.3 Å². The zero-order chi connectivity index (χ0) is 42.5. The minimum atomic E-state index is -0.107. The van der Waals surface area contributed by atoms with E-state index >= 15 is 0 Å².